The molecule has 3 aromatic carbocycles. The molecule has 1 aliphatic rings. The number of thiazole rings is 1. The van der Waals surface area contributed by atoms with E-state index in [1.54, 1.807) is 35.7 Å². The molecule has 2 N–H and O–H groups in total. The second-order valence-corrected chi connectivity index (χ2v) is 11.5. The first-order chi connectivity index (χ1) is 20.5. The van der Waals surface area contributed by atoms with E-state index in [-0.39, 0.29) is 29.7 Å². The number of aromatic nitrogens is 4. The number of fused-ring (bicyclic) bond motifs is 3. The Morgan fingerprint density at radius 1 is 1.00 bits per heavy atom. The summed E-state index contributed by atoms with van der Waals surface area (Å²) in [7, 11) is 0. The van der Waals surface area contributed by atoms with Gasteiger partial charge in [0.2, 0.25) is 5.95 Å². The predicted octanol–water partition coefficient (Wildman–Crippen LogP) is 5.94. The third kappa shape index (κ3) is 5.29. The standard InChI is InChI=1S/C32H25FN6O2S/c33-22-10-8-19(9-11-22)17-39-13-12-24-28(18-39)42-29(35-24)15-27(40)23-6-3-7-25-30(23)37-32(36-25)38-31(41)26-14-20-4-1-2-5-21(20)16-34-26/h1-11,14,16H,12-13,15,17-18H2,(H2,36,37,38,41). The summed E-state index contributed by atoms with van der Waals surface area (Å²) in [5.41, 5.74) is 4.00. The molecule has 0 atom stereocenters. The molecular weight excluding hydrogens is 551 g/mol. The zero-order chi connectivity index (χ0) is 28.6. The van der Waals surface area contributed by atoms with E-state index in [1.165, 1.54) is 12.1 Å². The number of nitrogens with one attached hydrogen (secondary N) is 2. The Bertz CT molecular complexity index is 1970. The minimum atomic E-state index is -0.394. The van der Waals surface area contributed by atoms with E-state index in [1.807, 2.05) is 42.5 Å². The topological polar surface area (TPSA) is 104 Å². The van der Waals surface area contributed by atoms with E-state index in [0.717, 1.165) is 58.0 Å². The number of anilines is 1. The summed E-state index contributed by atoms with van der Waals surface area (Å²) in [6, 6.07) is 21.4. The molecule has 3 aromatic heterocycles. The molecule has 8 nitrogen and oxygen atoms in total. The summed E-state index contributed by atoms with van der Waals surface area (Å²) in [6.07, 6.45) is 2.65. The fourth-order valence-corrected chi connectivity index (χ4v) is 6.44. The number of benzene rings is 3. The van der Waals surface area contributed by atoms with Gasteiger partial charge < -0.3 is 4.98 Å². The Labute approximate surface area is 244 Å². The van der Waals surface area contributed by atoms with Crippen molar-refractivity contribution in [3.05, 3.63) is 117 Å². The number of hydrogen-bond acceptors (Lipinski definition) is 7. The Balaban J connectivity index is 1.05. The van der Waals surface area contributed by atoms with Crippen LogP contribution in [0.4, 0.5) is 10.3 Å². The lowest BCUT2D eigenvalue weighted by Gasteiger charge is -2.25. The lowest BCUT2D eigenvalue weighted by atomic mass is 10.1. The summed E-state index contributed by atoms with van der Waals surface area (Å²) >= 11 is 1.57. The van der Waals surface area contributed by atoms with E-state index in [4.69, 9.17) is 4.98 Å². The van der Waals surface area contributed by atoms with Crippen molar-refractivity contribution in [2.24, 2.45) is 0 Å². The normalized spacial score (nSPS) is 13.4. The number of carbonyl (C=O) groups excluding carboxylic acids is 2. The first-order valence-electron chi connectivity index (χ1n) is 13.6. The van der Waals surface area contributed by atoms with Crippen LogP contribution in [-0.4, -0.2) is 43.1 Å². The molecule has 1 aliphatic heterocycles. The Hall–Kier alpha value is -4.80. The highest BCUT2D eigenvalue weighted by atomic mass is 32.1. The molecule has 0 fully saturated rings. The number of rotatable bonds is 7. The van der Waals surface area contributed by atoms with Crippen LogP contribution in [-0.2, 0) is 25.9 Å². The van der Waals surface area contributed by atoms with Crippen LogP contribution in [0.15, 0.2) is 79.0 Å². The number of Topliss-reactive ketones (excluding diaryl/α,β-unsaturated/α-hetero) is 1. The van der Waals surface area contributed by atoms with Crippen molar-refractivity contribution in [2.75, 3.05) is 11.9 Å². The van der Waals surface area contributed by atoms with E-state index < -0.39 is 5.91 Å². The van der Waals surface area contributed by atoms with E-state index in [0.29, 0.717) is 16.6 Å². The average Bonchev–Trinajstić information content (AvgIpc) is 3.60. The highest BCUT2D eigenvalue weighted by molar-refractivity contribution is 7.11. The van der Waals surface area contributed by atoms with Gasteiger partial charge in [0.1, 0.15) is 22.0 Å². The van der Waals surface area contributed by atoms with Crippen LogP contribution in [0.5, 0.6) is 0 Å². The molecule has 208 valence electrons. The number of H-pyrrole nitrogens is 1. The molecule has 0 unspecified atom stereocenters. The number of aromatic amines is 1. The van der Waals surface area contributed by atoms with Crippen LogP contribution in [0.25, 0.3) is 21.8 Å². The Morgan fingerprint density at radius 2 is 1.83 bits per heavy atom. The fourth-order valence-electron chi connectivity index (χ4n) is 5.29. The van der Waals surface area contributed by atoms with E-state index >= 15 is 0 Å². The number of hydrogen-bond donors (Lipinski definition) is 2. The third-order valence-electron chi connectivity index (χ3n) is 7.39. The molecule has 4 heterocycles. The Kier molecular flexibility index (Phi) is 6.77. The summed E-state index contributed by atoms with van der Waals surface area (Å²) in [5, 5.41) is 5.41. The molecule has 0 bridgehead atoms. The molecule has 0 radical (unpaired) electrons. The quantitative estimate of drug-likeness (QED) is 0.228. The number of para-hydroxylation sites is 1. The molecule has 0 aliphatic carbocycles. The fraction of sp³-hybridized carbons (Fsp3) is 0.156. The largest absolute Gasteiger partial charge is 0.324 e. The molecule has 42 heavy (non-hydrogen) atoms. The lowest BCUT2D eigenvalue weighted by molar-refractivity contribution is 0.0992. The Morgan fingerprint density at radius 3 is 2.69 bits per heavy atom. The molecule has 0 saturated heterocycles. The number of halogens is 1. The van der Waals surface area contributed by atoms with Crippen molar-refractivity contribution in [3.63, 3.8) is 0 Å². The molecule has 0 saturated carbocycles. The van der Waals surface area contributed by atoms with Gasteiger partial charge >= 0.3 is 0 Å². The summed E-state index contributed by atoms with van der Waals surface area (Å²) in [5.74, 6) is -0.470. The number of amides is 1. The average molecular weight is 577 g/mol. The maximum absolute atomic E-state index is 13.4. The van der Waals surface area contributed by atoms with Gasteiger partial charge in [0, 0.05) is 48.1 Å². The van der Waals surface area contributed by atoms with Gasteiger partial charge in [0.25, 0.3) is 5.91 Å². The van der Waals surface area contributed by atoms with Crippen LogP contribution in [0.1, 0.15) is 42.0 Å². The summed E-state index contributed by atoms with van der Waals surface area (Å²) in [4.78, 5) is 46.5. The van der Waals surface area contributed by atoms with Crippen LogP contribution in [0, 0.1) is 5.82 Å². The maximum atomic E-state index is 13.4. The van der Waals surface area contributed by atoms with Crippen molar-refractivity contribution >= 4 is 50.8 Å². The molecular formula is C32H25FN6O2S. The van der Waals surface area contributed by atoms with Crippen molar-refractivity contribution < 1.29 is 14.0 Å². The number of nitrogens with zero attached hydrogens (tertiary/aromatic N) is 4. The monoisotopic (exact) mass is 576 g/mol. The van der Waals surface area contributed by atoms with Crippen molar-refractivity contribution in [1.82, 2.24) is 24.8 Å². The van der Waals surface area contributed by atoms with Gasteiger partial charge in [0.15, 0.2) is 5.78 Å². The third-order valence-corrected chi connectivity index (χ3v) is 8.48. The first kappa shape index (κ1) is 26.1. The molecule has 0 spiro atoms. The minimum Gasteiger partial charge on any atom is -0.324 e. The second kappa shape index (κ2) is 10.9. The second-order valence-electron chi connectivity index (χ2n) is 10.3. The van der Waals surface area contributed by atoms with Crippen molar-refractivity contribution in [3.8, 4) is 0 Å². The van der Waals surface area contributed by atoms with Crippen molar-refractivity contribution in [2.45, 2.75) is 25.9 Å². The first-order valence-corrected chi connectivity index (χ1v) is 14.4. The summed E-state index contributed by atoms with van der Waals surface area (Å²) < 4.78 is 13.3. The van der Waals surface area contributed by atoms with E-state index in [2.05, 4.69) is 25.2 Å². The smallest absolute Gasteiger partial charge is 0.276 e. The van der Waals surface area contributed by atoms with Gasteiger partial charge in [-0.15, -0.1) is 11.3 Å². The van der Waals surface area contributed by atoms with Gasteiger partial charge in [-0.2, -0.15) is 0 Å². The van der Waals surface area contributed by atoms with Crippen LogP contribution < -0.4 is 5.32 Å². The SMILES string of the molecule is O=C(Nc1nc2c(C(=O)Cc3nc4c(s3)CN(Cc3ccc(F)cc3)CC4)cccc2[nH]1)c1cc2ccccc2cn1. The predicted molar refractivity (Wildman–Crippen MR) is 160 cm³/mol. The number of ketones is 1. The highest BCUT2D eigenvalue weighted by Gasteiger charge is 2.23. The van der Waals surface area contributed by atoms with E-state index in [9.17, 15) is 14.0 Å². The molecule has 6 aromatic rings. The molecule has 1 amide bonds. The minimum absolute atomic E-state index is 0.0876. The zero-order valence-corrected chi connectivity index (χ0v) is 23.2. The van der Waals surface area contributed by atoms with Gasteiger partial charge in [-0.1, -0.05) is 42.5 Å². The van der Waals surface area contributed by atoms with Crippen LogP contribution >= 0.6 is 11.3 Å². The van der Waals surface area contributed by atoms with Crippen LogP contribution in [0.3, 0.4) is 0 Å². The summed E-state index contributed by atoms with van der Waals surface area (Å²) in [6.45, 7) is 2.35. The van der Waals surface area contributed by atoms with Crippen LogP contribution in [0.2, 0.25) is 0 Å². The van der Waals surface area contributed by atoms with Gasteiger partial charge in [0.05, 0.1) is 17.6 Å². The maximum Gasteiger partial charge on any atom is 0.276 e. The number of pyridine rings is 1. The molecule has 7 rings (SSSR count). The van der Waals surface area contributed by atoms with Gasteiger partial charge in [-0.3, -0.25) is 24.8 Å². The lowest BCUT2D eigenvalue weighted by Crippen LogP contribution is -2.29. The zero-order valence-electron chi connectivity index (χ0n) is 22.4. The highest BCUT2D eigenvalue weighted by Crippen LogP contribution is 2.28. The van der Waals surface area contributed by atoms with Crippen molar-refractivity contribution in [1.29, 1.82) is 0 Å². The van der Waals surface area contributed by atoms with Gasteiger partial charge in [-0.05, 0) is 41.3 Å². The number of carbonyl (C=O) groups is 2. The van der Waals surface area contributed by atoms with Gasteiger partial charge in [-0.25, -0.2) is 14.4 Å². The number of imidazole rings is 1. The molecule has 10 heteroatoms.